The van der Waals surface area contributed by atoms with Crippen LogP contribution in [0, 0.1) is 17.8 Å². The van der Waals surface area contributed by atoms with Crippen LogP contribution < -0.4 is 5.32 Å². The third-order valence-electron chi connectivity index (χ3n) is 5.78. The zero-order valence-corrected chi connectivity index (χ0v) is 14.7. The molecular formula is C20H28F2N2O. The average Bonchev–Trinajstić information content (AvgIpc) is 2.65. The van der Waals surface area contributed by atoms with Crippen molar-refractivity contribution in [2.45, 2.75) is 32.1 Å². The molecule has 25 heavy (non-hydrogen) atoms. The van der Waals surface area contributed by atoms with Crippen molar-refractivity contribution in [1.82, 2.24) is 4.90 Å². The molecule has 0 aliphatic carbocycles. The van der Waals surface area contributed by atoms with Crippen LogP contribution >= 0.6 is 0 Å². The molecular weight excluding hydrogens is 322 g/mol. The lowest BCUT2D eigenvalue weighted by atomic mass is 9.78. The van der Waals surface area contributed by atoms with Gasteiger partial charge in [-0.25, -0.2) is 0 Å². The molecule has 1 amide bonds. The number of nitrogens with zero attached hydrogens (tertiary/aromatic N) is 1. The first-order valence-corrected chi connectivity index (χ1v) is 9.44. The number of anilines is 1. The predicted molar refractivity (Wildman–Crippen MR) is 96.1 cm³/mol. The van der Waals surface area contributed by atoms with Crippen molar-refractivity contribution in [2.24, 2.45) is 17.8 Å². The molecule has 0 saturated carbocycles. The summed E-state index contributed by atoms with van der Waals surface area (Å²) >= 11 is 0. The van der Waals surface area contributed by atoms with Crippen LogP contribution in [0.15, 0.2) is 24.3 Å². The molecule has 1 aromatic rings. The van der Waals surface area contributed by atoms with E-state index in [0.717, 1.165) is 51.0 Å². The molecule has 0 radical (unpaired) electrons. The van der Waals surface area contributed by atoms with Crippen molar-refractivity contribution in [3.8, 4) is 0 Å². The van der Waals surface area contributed by atoms with Crippen LogP contribution in [0.2, 0.25) is 0 Å². The van der Waals surface area contributed by atoms with Gasteiger partial charge in [0, 0.05) is 17.5 Å². The van der Waals surface area contributed by atoms with Crippen LogP contribution in [0.1, 0.15) is 31.2 Å². The molecule has 1 fully saturated rings. The molecule has 1 N–H and O–H groups in total. The summed E-state index contributed by atoms with van der Waals surface area (Å²) in [7, 11) is 0. The highest BCUT2D eigenvalue weighted by molar-refractivity contribution is 5.95. The Morgan fingerprint density at radius 2 is 1.88 bits per heavy atom. The standard InChI is InChI=1S/C20H28F2N2O/c21-13-15(14-22)4-3-9-24-10-7-16(8-11-24)18-12-17-5-1-2-6-19(17)23-20(18)25/h1-2,5-6,15-16,18H,3-4,7-14H2,(H,23,25). The monoisotopic (exact) mass is 350 g/mol. The third-order valence-corrected chi connectivity index (χ3v) is 5.78. The van der Waals surface area contributed by atoms with E-state index in [9.17, 15) is 13.6 Å². The minimum atomic E-state index is -0.559. The van der Waals surface area contributed by atoms with Gasteiger partial charge < -0.3 is 10.2 Å². The van der Waals surface area contributed by atoms with Crippen molar-refractivity contribution in [1.29, 1.82) is 0 Å². The zero-order valence-electron chi connectivity index (χ0n) is 14.7. The van der Waals surface area contributed by atoms with Crippen LogP contribution in [-0.4, -0.2) is 43.8 Å². The maximum Gasteiger partial charge on any atom is 0.228 e. The van der Waals surface area contributed by atoms with E-state index in [0.29, 0.717) is 12.3 Å². The largest absolute Gasteiger partial charge is 0.326 e. The van der Waals surface area contributed by atoms with Crippen molar-refractivity contribution in [3.63, 3.8) is 0 Å². The van der Waals surface area contributed by atoms with Gasteiger partial charge in [-0.15, -0.1) is 0 Å². The fourth-order valence-corrected chi connectivity index (χ4v) is 4.13. The lowest BCUT2D eigenvalue weighted by Gasteiger charge is -2.37. The molecule has 3 rings (SSSR count). The Kier molecular flexibility index (Phi) is 6.40. The Morgan fingerprint density at radius 3 is 2.60 bits per heavy atom. The quantitative estimate of drug-likeness (QED) is 0.810. The number of piperidine rings is 1. The summed E-state index contributed by atoms with van der Waals surface area (Å²) in [6.45, 7) is 1.74. The first kappa shape index (κ1) is 18.3. The second kappa shape index (κ2) is 8.75. The summed E-state index contributed by atoms with van der Waals surface area (Å²) in [5, 5.41) is 3.05. The lowest BCUT2D eigenvalue weighted by Crippen LogP contribution is -2.42. The summed E-state index contributed by atoms with van der Waals surface area (Å²) in [5.41, 5.74) is 2.19. The van der Waals surface area contributed by atoms with Crippen LogP contribution in [0.4, 0.5) is 14.5 Å². The number of amides is 1. The molecule has 0 spiro atoms. The predicted octanol–water partition coefficient (Wildman–Crippen LogP) is 3.84. The van der Waals surface area contributed by atoms with Gasteiger partial charge in [0.1, 0.15) is 0 Å². The number of hydrogen-bond acceptors (Lipinski definition) is 2. The fourth-order valence-electron chi connectivity index (χ4n) is 4.13. The fraction of sp³-hybridized carbons (Fsp3) is 0.650. The number of halogens is 2. The molecule has 138 valence electrons. The van der Waals surface area contributed by atoms with Gasteiger partial charge in [-0.1, -0.05) is 18.2 Å². The van der Waals surface area contributed by atoms with E-state index in [1.54, 1.807) is 0 Å². The maximum atomic E-state index is 12.5. The highest BCUT2D eigenvalue weighted by Gasteiger charge is 2.34. The van der Waals surface area contributed by atoms with Gasteiger partial charge in [-0.05, 0) is 69.3 Å². The number of hydrogen-bond donors (Lipinski definition) is 1. The number of likely N-dealkylation sites (tertiary alicyclic amines) is 1. The number of fused-ring (bicyclic) bond motifs is 1. The molecule has 2 aliphatic heterocycles. The zero-order chi connectivity index (χ0) is 17.6. The van der Waals surface area contributed by atoms with E-state index >= 15 is 0 Å². The summed E-state index contributed by atoms with van der Waals surface area (Å²) in [5.74, 6) is 0.225. The molecule has 2 heterocycles. The number of para-hydroxylation sites is 1. The van der Waals surface area contributed by atoms with E-state index in [1.165, 1.54) is 5.56 Å². The highest BCUT2D eigenvalue weighted by atomic mass is 19.1. The van der Waals surface area contributed by atoms with Crippen LogP contribution in [-0.2, 0) is 11.2 Å². The van der Waals surface area contributed by atoms with Gasteiger partial charge in [0.2, 0.25) is 5.91 Å². The van der Waals surface area contributed by atoms with Gasteiger partial charge in [-0.3, -0.25) is 13.6 Å². The van der Waals surface area contributed by atoms with E-state index in [4.69, 9.17) is 0 Å². The molecule has 0 aromatic heterocycles. The average molecular weight is 350 g/mol. The summed E-state index contributed by atoms with van der Waals surface area (Å²) in [6.07, 6.45) is 4.35. The van der Waals surface area contributed by atoms with Crippen molar-refractivity contribution in [2.75, 3.05) is 38.3 Å². The molecule has 0 bridgehead atoms. The molecule has 1 atom stereocenters. The van der Waals surface area contributed by atoms with E-state index in [2.05, 4.69) is 16.3 Å². The van der Waals surface area contributed by atoms with Gasteiger partial charge in [0.25, 0.3) is 0 Å². The van der Waals surface area contributed by atoms with Crippen LogP contribution in [0.3, 0.4) is 0 Å². The topological polar surface area (TPSA) is 32.3 Å². The Bertz CT molecular complexity index is 569. The van der Waals surface area contributed by atoms with Gasteiger partial charge in [-0.2, -0.15) is 0 Å². The first-order chi connectivity index (χ1) is 12.2. The van der Waals surface area contributed by atoms with E-state index in [1.807, 2.05) is 18.2 Å². The Balaban J connectivity index is 1.45. The number of rotatable bonds is 7. The molecule has 1 saturated heterocycles. The second-order valence-electron chi connectivity index (χ2n) is 7.45. The number of carbonyl (C=O) groups is 1. The Hall–Kier alpha value is -1.49. The van der Waals surface area contributed by atoms with Crippen molar-refractivity contribution >= 4 is 11.6 Å². The summed E-state index contributed by atoms with van der Waals surface area (Å²) in [4.78, 5) is 14.8. The second-order valence-corrected chi connectivity index (χ2v) is 7.45. The highest BCUT2D eigenvalue weighted by Crippen LogP contribution is 2.34. The van der Waals surface area contributed by atoms with E-state index < -0.39 is 19.3 Å². The van der Waals surface area contributed by atoms with Gasteiger partial charge >= 0.3 is 0 Å². The SMILES string of the molecule is O=C1Nc2ccccc2CC1C1CCN(CCCC(CF)CF)CC1. The summed E-state index contributed by atoms with van der Waals surface area (Å²) < 4.78 is 25.1. The molecule has 3 nitrogen and oxygen atoms in total. The first-order valence-electron chi connectivity index (χ1n) is 9.44. The third kappa shape index (κ3) is 4.57. The van der Waals surface area contributed by atoms with Crippen LogP contribution in [0.5, 0.6) is 0 Å². The molecule has 2 aliphatic rings. The van der Waals surface area contributed by atoms with Crippen LogP contribution in [0.25, 0.3) is 0 Å². The smallest absolute Gasteiger partial charge is 0.228 e. The van der Waals surface area contributed by atoms with Gasteiger partial charge in [0.15, 0.2) is 0 Å². The normalized spacial score (nSPS) is 22.0. The molecule has 1 aromatic carbocycles. The molecule has 1 unspecified atom stereocenters. The Labute approximate surface area is 148 Å². The lowest BCUT2D eigenvalue weighted by molar-refractivity contribution is -0.122. The summed E-state index contributed by atoms with van der Waals surface area (Å²) in [6, 6.07) is 8.05. The number of carbonyl (C=O) groups excluding carboxylic acids is 1. The minimum Gasteiger partial charge on any atom is -0.326 e. The number of nitrogens with one attached hydrogen (secondary N) is 1. The minimum absolute atomic E-state index is 0.0690. The maximum absolute atomic E-state index is 12.5. The van der Waals surface area contributed by atoms with Crippen molar-refractivity contribution in [3.05, 3.63) is 29.8 Å². The van der Waals surface area contributed by atoms with Crippen molar-refractivity contribution < 1.29 is 13.6 Å². The Morgan fingerprint density at radius 1 is 1.16 bits per heavy atom. The number of alkyl halides is 2. The van der Waals surface area contributed by atoms with Gasteiger partial charge in [0.05, 0.1) is 13.3 Å². The van der Waals surface area contributed by atoms with E-state index in [-0.39, 0.29) is 11.8 Å². The molecule has 5 heteroatoms. The number of benzene rings is 1.